The number of nitrogens with zero attached hydrogens (tertiary/aromatic N) is 1. The van der Waals surface area contributed by atoms with Crippen LogP contribution in [-0.4, -0.2) is 50.5 Å². The number of benzene rings is 2. The SMILES string of the molecule is Cc1cc(Cl)ccc1OC[C@H](O)C[NH+]1CCN(c2ccc(F)cc2)CC1. The highest BCUT2D eigenvalue weighted by Gasteiger charge is 2.23. The van der Waals surface area contributed by atoms with E-state index in [0.717, 1.165) is 43.2 Å². The third-order valence-corrected chi connectivity index (χ3v) is 4.99. The van der Waals surface area contributed by atoms with Gasteiger partial charge in [0.05, 0.1) is 26.2 Å². The highest BCUT2D eigenvalue weighted by molar-refractivity contribution is 6.30. The van der Waals surface area contributed by atoms with E-state index in [-0.39, 0.29) is 12.4 Å². The number of hydrogen-bond donors (Lipinski definition) is 2. The normalized spacial score (nSPS) is 16.5. The van der Waals surface area contributed by atoms with Crippen LogP contribution in [0.3, 0.4) is 0 Å². The maximum absolute atomic E-state index is 13.0. The summed E-state index contributed by atoms with van der Waals surface area (Å²) in [7, 11) is 0. The van der Waals surface area contributed by atoms with Crippen LogP contribution in [0.5, 0.6) is 5.75 Å². The molecule has 1 fully saturated rings. The summed E-state index contributed by atoms with van der Waals surface area (Å²) in [6.07, 6.45) is -0.516. The van der Waals surface area contributed by atoms with Gasteiger partial charge >= 0.3 is 0 Å². The molecule has 26 heavy (non-hydrogen) atoms. The summed E-state index contributed by atoms with van der Waals surface area (Å²) in [5, 5.41) is 11.0. The van der Waals surface area contributed by atoms with Gasteiger partial charge in [-0.15, -0.1) is 0 Å². The Morgan fingerprint density at radius 3 is 2.54 bits per heavy atom. The first kappa shape index (κ1) is 19.0. The van der Waals surface area contributed by atoms with Crippen molar-refractivity contribution in [3.63, 3.8) is 0 Å². The molecule has 0 radical (unpaired) electrons. The summed E-state index contributed by atoms with van der Waals surface area (Å²) < 4.78 is 18.8. The van der Waals surface area contributed by atoms with E-state index in [1.54, 1.807) is 6.07 Å². The maximum Gasteiger partial charge on any atom is 0.137 e. The van der Waals surface area contributed by atoms with Gasteiger partial charge in [-0.1, -0.05) is 11.6 Å². The zero-order chi connectivity index (χ0) is 18.5. The Morgan fingerprint density at radius 1 is 1.19 bits per heavy atom. The van der Waals surface area contributed by atoms with Crippen LogP contribution in [0.1, 0.15) is 5.56 Å². The van der Waals surface area contributed by atoms with E-state index in [9.17, 15) is 9.50 Å². The highest BCUT2D eigenvalue weighted by Crippen LogP contribution is 2.21. The van der Waals surface area contributed by atoms with Crippen molar-refractivity contribution in [2.24, 2.45) is 0 Å². The number of halogens is 2. The molecule has 2 aromatic carbocycles. The zero-order valence-corrected chi connectivity index (χ0v) is 15.7. The molecule has 0 unspecified atom stereocenters. The lowest BCUT2D eigenvalue weighted by Crippen LogP contribution is -3.16. The lowest BCUT2D eigenvalue weighted by molar-refractivity contribution is -0.903. The Kier molecular flexibility index (Phi) is 6.35. The van der Waals surface area contributed by atoms with Crippen molar-refractivity contribution in [2.45, 2.75) is 13.0 Å². The molecule has 0 bridgehead atoms. The number of aryl methyl sites for hydroxylation is 1. The van der Waals surface area contributed by atoms with E-state index in [1.165, 1.54) is 17.0 Å². The summed E-state index contributed by atoms with van der Waals surface area (Å²) in [6, 6.07) is 12.1. The topological polar surface area (TPSA) is 37.1 Å². The number of rotatable bonds is 6. The van der Waals surface area contributed by atoms with Gasteiger partial charge in [-0.05, 0) is 55.0 Å². The number of piperazine rings is 1. The molecular weight excluding hydrogens is 355 g/mol. The number of nitrogens with one attached hydrogen (secondary N) is 1. The molecule has 4 nitrogen and oxygen atoms in total. The number of aliphatic hydroxyl groups is 1. The van der Waals surface area contributed by atoms with E-state index in [0.29, 0.717) is 11.6 Å². The number of aliphatic hydroxyl groups excluding tert-OH is 1. The van der Waals surface area contributed by atoms with Crippen LogP contribution in [0.25, 0.3) is 0 Å². The van der Waals surface area contributed by atoms with Gasteiger partial charge in [-0.25, -0.2) is 4.39 Å². The van der Waals surface area contributed by atoms with Crippen molar-refractivity contribution < 1.29 is 19.1 Å². The predicted molar refractivity (Wildman–Crippen MR) is 102 cm³/mol. The Balaban J connectivity index is 1.43. The Labute approximate surface area is 158 Å². The maximum atomic E-state index is 13.0. The van der Waals surface area contributed by atoms with Crippen LogP contribution in [-0.2, 0) is 0 Å². The molecular formula is C20H25ClFN2O2+. The third-order valence-electron chi connectivity index (χ3n) is 4.75. The van der Waals surface area contributed by atoms with E-state index in [4.69, 9.17) is 16.3 Å². The molecule has 0 spiro atoms. The minimum atomic E-state index is -0.516. The first-order valence-corrected chi connectivity index (χ1v) is 9.30. The first-order valence-electron chi connectivity index (χ1n) is 8.92. The Hall–Kier alpha value is -1.82. The number of hydrogen-bond acceptors (Lipinski definition) is 3. The van der Waals surface area contributed by atoms with Crippen LogP contribution >= 0.6 is 11.6 Å². The molecule has 0 amide bonds. The minimum absolute atomic E-state index is 0.211. The van der Waals surface area contributed by atoms with Gasteiger partial charge in [-0.2, -0.15) is 0 Å². The van der Waals surface area contributed by atoms with Crippen LogP contribution in [0, 0.1) is 12.7 Å². The molecule has 1 heterocycles. The average Bonchev–Trinajstić information content (AvgIpc) is 2.62. The molecule has 140 valence electrons. The summed E-state index contributed by atoms with van der Waals surface area (Å²) in [4.78, 5) is 3.61. The van der Waals surface area contributed by atoms with Crippen LogP contribution in [0.2, 0.25) is 5.02 Å². The van der Waals surface area contributed by atoms with E-state index < -0.39 is 6.10 Å². The van der Waals surface area contributed by atoms with Gasteiger partial charge in [-0.3, -0.25) is 0 Å². The average molecular weight is 380 g/mol. The number of anilines is 1. The summed E-state index contributed by atoms with van der Waals surface area (Å²) >= 11 is 5.94. The third kappa shape index (κ3) is 5.10. The van der Waals surface area contributed by atoms with E-state index in [2.05, 4.69) is 4.90 Å². The van der Waals surface area contributed by atoms with Gasteiger partial charge in [0.25, 0.3) is 0 Å². The molecule has 6 heteroatoms. The highest BCUT2D eigenvalue weighted by atomic mass is 35.5. The van der Waals surface area contributed by atoms with Crippen LogP contribution < -0.4 is 14.5 Å². The number of quaternary nitrogens is 1. The zero-order valence-electron chi connectivity index (χ0n) is 14.9. The molecule has 0 aromatic heterocycles. The van der Waals surface area contributed by atoms with Crippen LogP contribution in [0.15, 0.2) is 42.5 Å². The molecule has 2 N–H and O–H groups in total. The summed E-state index contributed by atoms with van der Waals surface area (Å²) in [6.45, 7) is 6.53. The van der Waals surface area contributed by atoms with Crippen molar-refractivity contribution in [2.75, 3.05) is 44.2 Å². The van der Waals surface area contributed by atoms with Crippen LogP contribution in [0.4, 0.5) is 10.1 Å². The second-order valence-corrected chi connectivity index (χ2v) is 7.23. The van der Waals surface area contributed by atoms with Gasteiger partial charge < -0.3 is 19.6 Å². The molecule has 1 atom stereocenters. The van der Waals surface area contributed by atoms with Crippen molar-refractivity contribution in [3.8, 4) is 5.75 Å². The Morgan fingerprint density at radius 2 is 1.88 bits per heavy atom. The molecule has 0 saturated carbocycles. The Bertz CT molecular complexity index is 718. The molecule has 1 aliphatic heterocycles. The van der Waals surface area contributed by atoms with Gasteiger partial charge in [0, 0.05) is 10.7 Å². The van der Waals surface area contributed by atoms with Gasteiger partial charge in [0.2, 0.25) is 0 Å². The van der Waals surface area contributed by atoms with Gasteiger partial charge in [0.1, 0.15) is 30.8 Å². The number of ether oxygens (including phenoxy) is 1. The van der Waals surface area contributed by atoms with Crippen molar-refractivity contribution in [1.82, 2.24) is 0 Å². The van der Waals surface area contributed by atoms with Gasteiger partial charge in [0.15, 0.2) is 0 Å². The lowest BCUT2D eigenvalue weighted by Gasteiger charge is -2.34. The van der Waals surface area contributed by atoms with Crippen molar-refractivity contribution >= 4 is 17.3 Å². The first-order chi connectivity index (χ1) is 12.5. The van der Waals surface area contributed by atoms with E-state index >= 15 is 0 Å². The van der Waals surface area contributed by atoms with E-state index in [1.807, 2.05) is 31.2 Å². The summed E-state index contributed by atoms with van der Waals surface area (Å²) in [5.41, 5.74) is 2.01. The quantitative estimate of drug-likeness (QED) is 0.805. The fourth-order valence-corrected chi connectivity index (χ4v) is 3.52. The fourth-order valence-electron chi connectivity index (χ4n) is 3.29. The van der Waals surface area contributed by atoms with Crippen molar-refractivity contribution in [1.29, 1.82) is 0 Å². The second kappa shape index (κ2) is 8.71. The standard InChI is InChI=1S/C20H24ClFN2O2/c1-15-12-16(21)2-7-20(15)26-14-19(25)13-23-8-10-24(11-9-23)18-5-3-17(22)4-6-18/h2-7,12,19,25H,8-11,13-14H2,1H3/p+1/t19-/m1/s1. The molecule has 1 saturated heterocycles. The predicted octanol–water partition coefficient (Wildman–Crippen LogP) is 1.93. The smallest absolute Gasteiger partial charge is 0.137 e. The second-order valence-electron chi connectivity index (χ2n) is 6.79. The largest absolute Gasteiger partial charge is 0.490 e. The monoisotopic (exact) mass is 379 g/mol. The fraction of sp³-hybridized carbons (Fsp3) is 0.400. The molecule has 2 aromatic rings. The summed E-state index contributed by atoms with van der Waals surface area (Å²) in [5.74, 6) is 0.543. The molecule has 1 aliphatic rings. The minimum Gasteiger partial charge on any atom is -0.490 e. The lowest BCUT2D eigenvalue weighted by atomic mass is 10.2. The van der Waals surface area contributed by atoms with Crippen molar-refractivity contribution in [3.05, 3.63) is 58.9 Å². The molecule has 3 rings (SSSR count). The molecule has 0 aliphatic carbocycles.